The average molecular weight is 450 g/mol. The van der Waals surface area contributed by atoms with Crippen LogP contribution in [-0.4, -0.2) is 51.0 Å². The molecule has 1 amide bonds. The third-order valence-corrected chi connectivity index (χ3v) is 6.79. The topological polar surface area (TPSA) is 72.9 Å². The van der Waals surface area contributed by atoms with Gasteiger partial charge in [-0.2, -0.15) is 8.42 Å². The lowest BCUT2D eigenvalue weighted by Crippen LogP contribution is -2.48. The Labute approximate surface area is 176 Å². The lowest BCUT2D eigenvalue weighted by Gasteiger charge is -2.38. The van der Waals surface area contributed by atoms with Crippen LogP contribution in [0.1, 0.15) is 39.2 Å². The zero-order valence-corrected chi connectivity index (χ0v) is 18.7. The second kappa shape index (κ2) is 7.04. The maximum Gasteiger partial charge on any atom is 0.410 e. The maximum atomic E-state index is 12.6. The van der Waals surface area contributed by atoms with Crippen molar-refractivity contribution in [2.24, 2.45) is 5.41 Å². The highest BCUT2D eigenvalue weighted by Crippen LogP contribution is 2.69. The molecule has 6 nitrogen and oxygen atoms in total. The van der Waals surface area contributed by atoms with E-state index in [1.165, 1.54) is 0 Å². The second-order valence-electron chi connectivity index (χ2n) is 8.79. The molecule has 0 spiro atoms. The van der Waals surface area contributed by atoms with Crippen molar-refractivity contribution in [1.29, 1.82) is 0 Å². The van der Waals surface area contributed by atoms with E-state index in [2.05, 4.69) is 0 Å². The molecular formula is C19H25Cl2NO5S. The number of benzene rings is 1. The number of carbonyl (C=O) groups is 1. The van der Waals surface area contributed by atoms with E-state index in [-0.39, 0.29) is 12.0 Å². The molecule has 1 saturated heterocycles. The number of piperidine rings is 1. The van der Waals surface area contributed by atoms with E-state index in [1.54, 1.807) is 11.0 Å². The standard InChI is InChI=1S/C19H25Cl2NO5S/c1-17(2,3)27-16(23)22-8-7-19(13-5-6-14(20)15(21)9-13)10-18(19,11-22)12-26-28(4,24)25/h5-6,9H,7-8,10-12H2,1-4H3/t18-,19-/m0/s1. The Morgan fingerprint density at radius 2 is 1.93 bits per heavy atom. The van der Waals surface area contributed by atoms with Gasteiger partial charge in [0.05, 0.1) is 22.9 Å². The molecule has 3 rings (SSSR count). The van der Waals surface area contributed by atoms with E-state index in [4.69, 9.17) is 32.1 Å². The smallest absolute Gasteiger partial charge is 0.410 e. The first-order valence-electron chi connectivity index (χ1n) is 9.05. The fourth-order valence-corrected chi connectivity index (χ4v) is 4.89. The summed E-state index contributed by atoms with van der Waals surface area (Å²) in [6, 6.07) is 5.49. The highest BCUT2D eigenvalue weighted by atomic mass is 35.5. The number of ether oxygens (including phenoxy) is 1. The van der Waals surface area contributed by atoms with Crippen LogP contribution < -0.4 is 0 Å². The fraction of sp³-hybridized carbons (Fsp3) is 0.632. The number of carbonyl (C=O) groups excluding carboxylic acids is 1. The number of hydrogen-bond acceptors (Lipinski definition) is 5. The zero-order valence-electron chi connectivity index (χ0n) is 16.4. The van der Waals surface area contributed by atoms with Crippen molar-refractivity contribution in [2.45, 2.75) is 44.6 Å². The summed E-state index contributed by atoms with van der Waals surface area (Å²) in [6.07, 6.45) is 1.99. The van der Waals surface area contributed by atoms with E-state index in [9.17, 15) is 13.2 Å². The molecule has 0 N–H and O–H groups in total. The van der Waals surface area contributed by atoms with Gasteiger partial charge in [0.25, 0.3) is 10.1 Å². The Morgan fingerprint density at radius 3 is 2.50 bits per heavy atom. The summed E-state index contributed by atoms with van der Waals surface area (Å²) in [4.78, 5) is 14.2. The zero-order chi connectivity index (χ0) is 21.0. The quantitative estimate of drug-likeness (QED) is 0.642. The van der Waals surface area contributed by atoms with Crippen LogP contribution in [-0.2, 0) is 24.5 Å². The molecule has 2 fully saturated rings. The van der Waals surface area contributed by atoms with Gasteiger partial charge in [-0.1, -0.05) is 29.3 Å². The van der Waals surface area contributed by atoms with Crippen LogP contribution >= 0.6 is 23.2 Å². The first kappa shape index (κ1) is 21.7. The van der Waals surface area contributed by atoms with Crippen LogP contribution in [0.15, 0.2) is 18.2 Å². The van der Waals surface area contributed by atoms with Crippen molar-refractivity contribution in [2.75, 3.05) is 26.0 Å². The van der Waals surface area contributed by atoms with Gasteiger partial charge in [-0.25, -0.2) is 4.79 Å². The average Bonchev–Trinajstić information content (AvgIpc) is 3.23. The lowest BCUT2D eigenvalue weighted by atomic mass is 9.80. The van der Waals surface area contributed by atoms with Crippen LogP contribution in [0.25, 0.3) is 0 Å². The number of rotatable bonds is 4. The first-order valence-corrected chi connectivity index (χ1v) is 11.6. The summed E-state index contributed by atoms with van der Waals surface area (Å²) in [7, 11) is -3.61. The molecule has 0 aromatic heterocycles. The van der Waals surface area contributed by atoms with Crippen LogP contribution in [0.5, 0.6) is 0 Å². The molecule has 1 aromatic rings. The largest absolute Gasteiger partial charge is 0.444 e. The molecule has 2 aliphatic rings. The molecule has 0 unspecified atom stereocenters. The van der Waals surface area contributed by atoms with Gasteiger partial charge in [0.15, 0.2) is 0 Å². The van der Waals surface area contributed by atoms with Gasteiger partial charge in [-0.15, -0.1) is 0 Å². The van der Waals surface area contributed by atoms with Gasteiger partial charge in [-0.05, 0) is 51.3 Å². The van der Waals surface area contributed by atoms with E-state index in [0.717, 1.165) is 11.8 Å². The minimum atomic E-state index is -3.61. The third-order valence-electron chi connectivity index (χ3n) is 5.51. The normalized spacial score (nSPS) is 27.3. The van der Waals surface area contributed by atoms with Gasteiger partial charge < -0.3 is 9.64 Å². The van der Waals surface area contributed by atoms with Gasteiger partial charge in [-0.3, -0.25) is 4.18 Å². The highest BCUT2D eigenvalue weighted by Gasteiger charge is 2.70. The molecule has 9 heteroatoms. The minimum Gasteiger partial charge on any atom is -0.444 e. The number of likely N-dealkylation sites (tertiary alicyclic amines) is 1. The van der Waals surface area contributed by atoms with Gasteiger partial charge >= 0.3 is 6.09 Å². The van der Waals surface area contributed by atoms with Crippen molar-refractivity contribution >= 4 is 39.4 Å². The Hall–Kier alpha value is -1.02. The maximum absolute atomic E-state index is 12.6. The number of fused-ring (bicyclic) bond motifs is 1. The molecule has 0 bridgehead atoms. The van der Waals surface area contributed by atoms with Crippen molar-refractivity contribution in [3.63, 3.8) is 0 Å². The Balaban J connectivity index is 1.89. The first-order chi connectivity index (χ1) is 12.8. The van der Waals surface area contributed by atoms with Crippen LogP contribution in [0.2, 0.25) is 10.0 Å². The fourth-order valence-electron chi connectivity index (χ4n) is 4.15. The molecule has 2 atom stereocenters. The monoisotopic (exact) mass is 449 g/mol. The number of nitrogens with zero attached hydrogens (tertiary/aromatic N) is 1. The van der Waals surface area contributed by atoms with E-state index >= 15 is 0 Å². The molecule has 1 saturated carbocycles. The third kappa shape index (κ3) is 4.27. The van der Waals surface area contributed by atoms with Crippen molar-refractivity contribution < 1.29 is 22.1 Å². The lowest BCUT2D eigenvalue weighted by molar-refractivity contribution is 0.0104. The Kier molecular flexibility index (Phi) is 5.45. The summed E-state index contributed by atoms with van der Waals surface area (Å²) in [5.74, 6) is 0. The predicted molar refractivity (Wildman–Crippen MR) is 108 cm³/mol. The van der Waals surface area contributed by atoms with Crippen molar-refractivity contribution in [1.82, 2.24) is 4.90 Å². The molecule has 28 heavy (non-hydrogen) atoms. The summed E-state index contributed by atoms with van der Waals surface area (Å²) < 4.78 is 33.9. The van der Waals surface area contributed by atoms with Gasteiger partial charge in [0.2, 0.25) is 0 Å². The minimum absolute atomic E-state index is 0.00533. The number of amides is 1. The van der Waals surface area contributed by atoms with Crippen molar-refractivity contribution in [3.8, 4) is 0 Å². The summed E-state index contributed by atoms with van der Waals surface area (Å²) in [6.45, 7) is 6.32. The predicted octanol–water partition coefficient (Wildman–Crippen LogP) is 4.24. The van der Waals surface area contributed by atoms with Gasteiger partial charge in [0.1, 0.15) is 5.60 Å². The summed E-state index contributed by atoms with van der Waals surface area (Å²) >= 11 is 12.3. The molecule has 1 aromatic carbocycles. The summed E-state index contributed by atoms with van der Waals surface area (Å²) in [5, 5.41) is 0.916. The highest BCUT2D eigenvalue weighted by molar-refractivity contribution is 7.85. The van der Waals surface area contributed by atoms with Crippen molar-refractivity contribution in [3.05, 3.63) is 33.8 Å². The summed E-state index contributed by atoms with van der Waals surface area (Å²) in [5.41, 5.74) is -0.426. The molecule has 1 aliphatic carbocycles. The Morgan fingerprint density at radius 1 is 1.25 bits per heavy atom. The van der Waals surface area contributed by atoms with E-state index < -0.39 is 27.2 Å². The number of halogens is 2. The number of hydrogen-bond donors (Lipinski definition) is 0. The molecule has 1 aliphatic heterocycles. The van der Waals surface area contributed by atoms with Crippen LogP contribution in [0.3, 0.4) is 0 Å². The molecule has 0 radical (unpaired) electrons. The second-order valence-corrected chi connectivity index (χ2v) is 11.2. The molecular weight excluding hydrogens is 425 g/mol. The van der Waals surface area contributed by atoms with Crippen LogP contribution in [0, 0.1) is 5.41 Å². The van der Waals surface area contributed by atoms with E-state index in [0.29, 0.717) is 36.0 Å². The molecule has 1 heterocycles. The van der Waals surface area contributed by atoms with E-state index in [1.807, 2.05) is 32.9 Å². The Bertz CT molecular complexity index is 898. The van der Waals surface area contributed by atoms with Gasteiger partial charge in [0, 0.05) is 23.9 Å². The SMILES string of the molecule is CC(C)(C)OC(=O)N1CC[C@@]2(c3ccc(Cl)c(Cl)c3)C[C@@]2(COS(C)(=O)=O)C1. The van der Waals surface area contributed by atoms with Crippen LogP contribution in [0.4, 0.5) is 4.79 Å². The molecule has 156 valence electrons.